The second kappa shape index (κ2) is 4.63. The Morgan fingerprint density at radius 1 is 1.18 bits per heavy atom. The monoisotopic (exact) mass is 251 g/mol. The number of nitrogens with two attached hydrogens (primary N) is 1. The van der Waals surface area contributed by atoms with Gasteiger partial charge in [-0.3, -0.25) is 0 Å². The summed E-state index contributed by atoms with van der Waals surface area (Å²) in [7, 11) is 0. The van der Waals surface area contributed by atoms with Crippen LogP contribution in [0.3, 0.4) is 0 Å². The van der Waals surface area contributed by atoms with Gasteiger partial charge in [-0.15, -0.1) is 0 Å². The SMILES string of the molecule is Cc1ccccc1Oc1cc(Cl)c(F)cc1N. The van der Waals surface area contributed by atoms with Gasteiger partial charge < -0.3 is 10.5 Å². The largest absolute Gasteiger partial charge is 0.455 e. The molecule has 17 heavy (non-hydrogen) atoms. The first-order valence-electron chi connectivity index (χ1n) is 5.06. The molecule has 0 fully saturated rings. The third kappa shape index (κ3) is 2.50. The average Bonchev–Trinajstić information content (AvgIpc) is 2.29. The number of rotatable bonds is 2. The van der Waals surface area contributed by atoms with Gasteiger partial charge in [0.05, 0.1) is 10.7 Å². The Morgan fingerprint density at radius 3 is 2.59 bits per heavy atom. The van der Waals surface area contributed by atoms with E-state index in [1.165, 1.54) is 6.07 Å². The molecule has 88 valence electrons. The van der Waals surface area contributed by atoms with Crippen molar-refractivity contribution >= 4 is 17.3 Å². The number of aryl methyl sites for hydroxylation is 1. The van der Waals surface area contributed by atoms with Gasteiger partial charge in [-0.2, -0.15) is 0 Å². The van der Waals surface area contributed by atoms with Gasteiger partial charge in [0.1, 0.15) is 11.6 Å². The number of benzene rings is 2. The molecule has 2 rings (SSSR count). The molecule has 0 heterocycles. The van der Waals surface area contributed by atoms with Crippen molar-refractivity contribution in [3.05, 3.63) is 52.8 Å². The second-order valence-electron chi connectivity index (χ2n) is 3.67. The highest BCUT2D eigenvalue weighted by molar-refractivity contribution is 6.31. The molecule has 0 aromatic heterocycles. The van der Waals surface area contributed by atoms with Crippen LogP contribution in [0, 0.1) is 12.7 Å². The Kier molecular flexibility index (Phi) is 3.20. The number of ether oxygens (including phenoxy) is 1. The van der Waals surface area contributed by atoms with Crippen LogP contribution < -0.4 is 10.5 Å². The summed E-state index contributed by atoms with van der Waals surface area (Å²) in [6.45, 7) is 1.91. The van der Waals surface area contributed by atoms with E-state index in [9.17, 15) is 4.39 Å². The Labute approximate surface area is 104 Å². The van der Waals surface area contributed by atoms with E-state index in [1.54, 1.807) is 0 Å². The Morgan fingerprint density at radius 2 is 1.88 bits per heavy atom. The standard InChI is InChI=1S/C13H11ClFNO/c1-8-4-2-3-5-12(8)17-13-6-9(14)10(15)7-11(13)16/h2-7H,16H2,1H3. The third-order valence-corrected chi connectivity index (χ3v) is 2.66. The molecule has 0 unspecified atom stereocenters. The van der Waals surface area contributed by atoms with Gasteiger partial charge in [-0.05, 0) is 18.6 Å². The molecule has 0 aliphatic rings. The molecular formula is C13H11ClFNO. The minimum Gasteiger partial charge on any atom is -0.455 e. The Balaban J connectivity index is 2.37. The zero-order valence-corrected chi connectivity index (χ0v) is 9.96. The van der Waals surface area contributed by atoms with Crippen LogP contribution in [-0.4, -0.2) is 0 Å². The molecule has 0 atom stereocenters. The van der Waals surface area contributed by atoms with Gasteiger partial charge in [-0.1, -0.05) is 29.8 Å². The molecule has 0 amide bonds. The first kappa shape index (κ1) is 11.7. The van der Waals surface area contributed by atoms with Crippen LogP contribution in [-0.2, 0) is 0 Å². The summed E-state index contributed by atoms with van der Waals surface area (Å²) in [5, 5.41) is -0.0113. The normalized spacial score (nSPS) is 10.3. The quantitative estimate of drug-likeness (QED) is 0.814. The lowest BCUT2D eigenvalue weighted by Gasteiger charge is -2.11. The second-order valence-corrected chi connectivity index (χ2v) is 4.08. The van der Waals surface area contributed by atoms with Crippen LogP contribution >= 0.6 is 11.6 Å². The fourth-order valence-corrected chi connectivity index (χ4v) is 1.58. The van der Waals surface area contributed by atoms with Crippen molar-refractivity contribution in [1.29, 1.82) is 0 Å². The minimum absolute atomic E-state index is 0.0113. The summed E-state index contributed by atoms with van der Waals surface area (Å²) >= 11 is 5.68. The molecule has 0 aliphatic carbocycles. The van der Waals surface area contributed by atoms with Gasteiger partial charge >= 0.3 is 0 Å². The molecule has 0 aliphatic heterocycles. The van der Waals surface area contributed by atoms with Crippen molar-refractivity contribution in [2.45, 2.75) is 6.92 Å². The first-order valence-corrected chi connectivity index (χ1v) is 5.43. The van der Waals surface area contributed by atoms with Crippen LogP contribution in [0.4, 0.5) is 10.1 Å². The number of para-hydroxylation sites is 1. The molecule has 2 N–H and O–H groups in total. The van der Waals surface area contributed by atoms with E-state index in [0.717, 1.165) is 11.6 Å². The van der Waals surface area contributed by atoms with Crippen molar-refractivity contribution in [1.82, 2.24) is 0 Å². The number of nitrogen functional groups attached to an aromatic ring is 1. The molecule has 2 aromatic carbocycles. The van der Waals surface area contributed by atoms with E-state index in [-0.39, 0.29) is 10.7 Å². The molecule has 2 aromatic rings. The van der Waals surface area contributed by atoms with Crippen molar-refractivity contribution in [2.75, 3.05) is 5.73 Å². The highest BCUT2D eigenvalue weighted by Gasteiger charge is 2.09. The van der Waals surface area contributed by atoms with Crippen LogP contribution in [0.25, 0.3) is 0 Å². The van der Waals surface area contributed by atoms with Crippen molar-refractivity contribution in [3.63, 3.8) is 0 Å². The maximum atomic E-state index is 13.1. The smallest absolute Gasteiger partial charge is 0.152 e. The molecule has 4 heteroatoms. The number of hydrogen-bond acceptors (Lipinski definition) is 2. The molecule has 0 saturated carbocycles. The van der Waals surface area contributed by atoms with Crippen LogP contribution in [0.1, 0.15) is 5.56 Å². The number of anilines is 1. The van der Waals surface area contributed by atoms with E-state index in [1.807, 2.05) is 31.2 Å². The van der Waals surface area contributed by atoms with Crippen LogP contribution in [0.2, 0.25) is 5.02 Å². The van der Waals surface area contributed by atoms with Crippen molar-refractivity contribution in [3.8, 4) is 11.5 Å². The summed E-state index contributed by atoms with van der Waals surface area (Å²) in [4.78, 5) is 0. The molecule has 0 spiro atoms. The number of halogens is 2. The van der Waals surface area contributed by atoms with E-state index in [4.69, 9.17) is 22.1 Å². The van der Waals surface area contributed by atoms with Crippen molar-refractivity contribution < 1.29 is 9.13 Å². The predicted molar refractivity (Wildman–Crippen MR) is 67.1 cm³/mol. The van der Waals surface area contributed by atoms with Gasteiger partial charge in [0.15, 0.2) is 5.75 Å². The molecule has 2 nitrogen and oxygen atoms in total. The van der Waals surface area contributed by atoms with E-state index < -0.39 is 5.82 Å². The molecule has 0 saturated heterocycles. The fraction of sp³-hybridized carbons (Fsp3) is 0.0769. The zero-order chi connectivity index (χ0) is 12.4. The lowest BCUT2D eigenvalue weighted by atomic mass is 10.2. The third-order valence-electron chi connectivity index (χ3n) is 2.37. The summed E-state index contributed by atoms with van der Waals surface area (Å²) < 4.78 is 18.7. The number of hydrogen-bond donors (Lipinski definition) is 1. The lowest BCUT2D eigenvalue weighted by molar-refractivity contribution is 0.479. The van der Waals surface area contributed by atoms with Gasteiger partial charge in [-0.25, -0.2) is 4.39 Å². The maximum absolute atomic E-state index is 13.1. The fourth-order valence-electron chi connectivity index (χ4n) is 1.42. The van der Waals surface area contributed by atoms with E-state index in [0.29, 0.717) is 11.5 Å². The van der Waals surface area contributed by atoms with Crippen LogP contribution in [0.5, 0.6) is 11.5 Å². The predicted octanol–water partition coefficient (Wildman–Crippen LogP) is 4.16. The van der Waals surface area contributed by atoms with E-state index >= 15 is 0 Å². The zero-order valence-electron chi connectivity index (χ0n) is 9.21. The maximum Gasteiger partial charge on any atom is 0.152 e. The highest BCUT2D eigenvalue weighted by atomic mass is 35.5. The average molecular weight is 252 g/mol. The minimum atomic E-state index is -0.554. The summed E-state index contributed by atoms with van der Waals surface area (Å²) in [6.07, 6.45) is 0. The van der Waals surface area contributed by atoms with Gasteiger partial charge in [0.2, 0.25) is 0 Å². The summed E-state index contributed by atoms with van der Waals surface area (Å²) in [5.41, 5.74) is 6.85. The van der Waals surface area contributed by atoms with Crippen molar-refractivity contribution in [2.24, 2.45) is 0 Å². The van der Waals surface area contributed by atoms with Gasteiger partial charge in [0, 0.05) is 12.1 Å². The molecule has 0 bridgehead atoms. The molecular weight excluding hydrogens is 241 g/mol. The van der Waals surface area contributed by atoms with Crippen LogP contribution in [0.15, 0.2) is 36.4 Å². The topological polar surface area (TPSA) is 35.2 Å². The summed E-state index contributed by atoms with van der Waals surface area (Å²) in [5.74, 6) is 0.467. The highest BCUT2D eigenvalue weighted by Crippen LogP contribution is 2.33. The Bertz CT molecular complexity index is 557. The Hall–Kier alpha value is -1.74. The van der Waals surface area contributed by atoms with E-state index in [2.05, 4.69) is 0 Å². The van der Waals surface area contributed by atoms with Gasteiger partial charge in [0.25, 0.3) is 0 Å². The lowest BCUT2D eigenvalue weighted by Crippen LogP contribution is -1.95. The molecule has 0 radical (unpaired) electrons. The summed E-state index contributed by atoms with van der Waals surface area (Å²) in [6, 6.07) is 10.0. The first-order chi connectivity index (χ1) is 8.08.